The zero-order valence-corrected chi connectivity index (χ0v) is 8.62. The van der Waals surface area contributed by atoms with Gasteiger partial charge in [0.15, 0.2) is 0 Å². The van der Waals surface area contributed by atoms with Gasteiger partial charge in [-0.05, 0) is 26.0 Å². The fourth-order valence-electron chi connectivity index (χ4n) is 1.69. The molecule has 0 bridgehead atoms. The van der Waals surface area contributed by atoms with Gasteiger partial charge in [-0.3, -0.25) is 0 Å². The lowest BCUT2D eigenvalue weighted by Gasteiger charge is -2.05. The highest BCUT2D eigenvalue weighted by molar-refractivity contribution is 5.78. The van der Waals surface area contributed by atoms with Gasteiger partial charge in [-0.2, -0.15) is 0 Å². The number of hydrogen-bond acceptors (Lipinski definition) is 2. The molecule has 0 radical (unpaired) electrons. The van der Waals surface area contributed by atoms with E-state index in [0.29, 0.717) is 0 Å². The van der Waals surface area contributed by atoms with Gasteiger partial charge in [0, 0.05) is 13.1 Å². The third-order valence-corrected chi connectivity index (χ3v) is 2.31. The molecular weight excluding hydrogens is 174 g/mol. The monoisotopic (exact) mass is 189 g/mol. The Morgan fingerprint density at radius 2 is 2.07 bits per heavy atom. The summed E-state index contributed by atoms with van der Waals surface area (Å²) in [7, 11) is 0. The Kier molecular flexibility index (Phi) is 2.39. The van der Waals surface area contributed by atoms with E-state index < -0.39 is 0 Å². The Labute approximate surface area is 83.8 Å². The van der Waals surface area contributed by atoms with Gasteiger partial charge in [0.2, 0.25) is 5.95 Å². The van der Waals surface area contributed by atoms with Gasteiger partial charge in [0.1, 0.15) is 0 Å². The summed E-state index contributed by atoms with van der Waals surface area (Å²) < 4.78 is 2.19. The van der Waals surface area contributed by atoms with E-state index in [1.807, 2.05) is 18.2 Å². The molecule has 0 aliphatic carbocycles. The number of anilines is 1. The van der Waals surface area contributed by atoms with Crippen LogP contribution in [0.1, 0.15) is 13.8 Å². The molecule has 0 atom stereocenters. The standard InChI is InChI=1S/C11H15N3/c1-3-12-11-13-9-7-5-6-8-10(9)14(11)4-2/h5-8H,3-4H2,1-2H3,(H,12,13). The maximum atomic E-state index is 4.53. The quantitative estimate of drug-likeness (QED) is 0.804. The van der Waals surface area contributed by atoms with Gasteiger partial charge in [-0.15, -0.1) is 0 Å². The summed E-state index contributed by atoms with van der Waals surface area (Å²) in [6.45, 7) is 6.07. The Balaban J connectivity index is 2.60. The van der Waals surface area contributed by atoms with Gasteiger partial charge in [-0.1, -0.05) is 12.1 Å². The van der Waals surface area contributed by atoms with Crippen molar-refractivity contribution in [2.75, 3.05) is 11.9 Å². The van der Waals surface area contributed by atoms with E-state index >= 15 is 0 Å². The number of hydrogen-bond donors (Lipinski definition) is 1. The molecule has 0 saturated heterocycles. The first-order valence-corrected chi connectivity index (χ1v) is 5.06. The minimum absolute atomic E-state index is 0.906. The zero-order chi connectivity index (χ0) is 9.97. The molecule has 3 nitrogen and oxygen atoms in total. The van der Waals surface area contributed by atoms with Gasteiger partial charge in [0.05, 0.1) is 11.0 Å². The highest BCUT2D eigenvalue weighted by atomic mass is 15.2. The van der Waals surface area contributed by atoms with E-state index in [1.165, 1.54) is 5.52 Å². The first-order chi connectivity index (χ1) is 6.86. The minimum Gasteiger partial charge on any atom is -0.356 e. The molecule has 0 unspecified atom stereocenters. The normalized spacial score (nSPS) is 10.7. The molecule has 3 heteroatoms. The van der Waals surface area contributed by atoms with Gasteiger partial charge >= 0.3 is 0 Å². The first kappa shape index (κ1) is 9.06. The van der Waals surface area contributed by atoms with Crippen LogP contribution >= 0.6 is 0 Å². The lowest BCUT2D eigenvalue weighted by molar-refractivity contribution is 0.790. The van der Waals surface area contributed by atoms with E-state index in [2.05, 4.69) is 34.8 Å². The smallest absolute Gasteiger partial charge is 0.203 e. The Hall–Kier alpha value is -1.51. The Bertz CT molecular complexity index is 431. The van der Waals surface area contributed by atoms with Crippen LogP contribution in [0.4, 0.5) is 5.95 Å². The van der Waals surface area contributed by atoms with E-state index in [-0.39, 0.29) is 0 Å². The molecule has 0 saturated carbocycles. The van der Waals surface area contributed by atoms with Crippen molar-refractivity contribution in [1.29, 1.82) is 0 Å². The first-order valence-electron chi connectivity index (χ1n) is 5.06. The van der Waals surface area contributed by atoms with Gasteiger partial charge < -0.3 is 9.88 Å². The Morgan fingerprint density at radius 3 is 2.79 bits per heavy atom. The molecule has 2 rings (SSSR count). The van der Waals surface area contributed by atoms with Crippen LogP contribution in [-0.4, -0.2) is 16.1 Å². The van der Waals surface area contributed by atoms with Crippen LogP contribution in [0, 0.1) is 0 Å². The van der Waals surface area contributed by atoms with Crippen LogP contribution in [0.25, 0.3) is 11.0 Å². The van der Waals surface area contributed by atoms with Gasteiger partial charge in [0.25, 0.3) is 0 Å². The largest absolute Gasteiger partial charge is 0.356 e. The second-order valence-electron chi connectivity index (χ2n) is 3.20. The summed E-state index contributed by atoms with van der Waals surface area (Å²) in [5, 5.41) is 3.27. The second kappa shape index (κ2) is 3.70. The molecule has 0 amide bonds. The number of benzene rings is 1. The molecule has 0 aliphatic rings. The van der Waals surface area contributed by atoms with Crippen molar-refractivity contribution >= 4 is 17.0 Å². The Morgan fingerprint density at radius 1 is 1.29 bits per heavy atom. The number of para-hydroxylation sites is 2. The van der Waals surface area contributed by atoms with Crippen LogP contribution in [-0.2, 0) is 6.54 Å². The molecule has 0 fully saturated rings. The number of nitrogens with zero attached hydrogens (tertiary/aromatic N) is 2. The predicted octanol–water partition coefficient (Wildman–Crippen LogP) is 2.49. The number of fused-ring (bicyclic) bond motifs is 1. The molecular formula is C11H15N3. The summed E-state index contributed by atoms with van der Waals surface area (Å²) in [6, 6.07) is 8.21. The van der Waals surface area contributed by atoms with Crippen molar-refractivity contribution in [1.82, 2.24) is 9.55 Å². The number of imidazole rings is 1. The predicted molar refractivity (Wildman–Crippen MR) is 59.6 cm³/mol. The van der Waals surface area contributed by atoms with Crippen LogP contribution < -0.4 is 5.32 Å². The number of aryl methyl sites for hydroxylation is 1. The third-order valence-electron chi connectivity index (χ3n) is 2.31. The second-order valence-corrected chi connectivity index (χ2v) is 3.20. The van der Waals surface area contributed by atoms with Crippen molar-refractivity contribution < 1.29 is 0 Å². The number of aromatic nitrogens is 2. The summed E-state index contributed by atoms with van der Waals surface area (Å²) >= 11 is 0. The van der Waals surface area contributed by atoms with Crippen molar-refractivity contribution in [2.24, 2.45) is 0 Å². The molecule has 1 aromatic carbocycles. The molecule has 14 heavy (non-hydrogen) atoms. The number of rotatable bonds is 3. The molecule has 1 N–H and O–H groups in total. The van der Waals surface area contributed by atoms with Crippen LogP contribution in [0.15, 0.2) is 24.3 Å². The summed E-state index contributed by atoms with van der Waals surface area (Å²) in [6.07, 6.45) is 0. The summed E-state index contributed by atoms with van der Waals surface area (Å²) in [4.78, 5) is 4.53. The summed E-state index contributed by atoms with van der Waals surface area (Å²) in [5.74, 6) is 0.969. The highest BCUT2D eigenvalue weighted by Crippen LogP contribution is 2.18. The molecule has 2 aromatic rings. The fourth-order valence-corrected chi connectivity index (χ4v) is 1.69. The van der Waals surface area contributed by atoms with Crippen molar-refractivity contribution in [2.45, 2.75) is 20.4 Å². The SMILES string of the molecule is CCNc1nc2ccccc2n1CC. The van der Waals surface area contributed by atoms with Crippen LogP contribution in [0.3, 0.4) is 0 Å². The maximum Gasteiger partial charge on any atom is 0.203 e. The number of nitrogens with one attached hydrogen (secondary N) is 1. The minimum atomic E-state index is 0.906. The lowest BCUT2D eigenvalue weighted by atomic mass is 10.3. The van der Waals surface area contributed by atoms with Gasteiger partial charge in [-0.25, -0.2) is 4.98 Å². The fraction of sp³-hybridized carbons (Fsp3) is 0.364. The van der Waals surface area contributed by atoms with E-state index in [1.54, 1.807) is 0 Å². The van der Waals surface area contributed by atoms with Crippen LogP contribution in [0.2, 0.25) is 0 Å². The molecule has 0 aliphatic heterocycles. The van der Waals surface area contributed by atoms with Crippen LogP contribution in [0.5, 0.6) is 0 Å². The average Bonchev–Trinajstić information content (AvgIpc) is 2.55. The van der Waals surface area contributed by atoms with E-state index in [4.69, 9.17) is 0 Å². The van der Waals surface area contributed by atoms with Crippen molar-refractivity contribution in [3.63, 3.8) is 0 Å². The van der Waals surface area contributed by atoms with E-state index in [9.17, 15) is 0 Å². The molecule has 74 valence electrons. The average molecular weight is 189 g/mol. The molecule has 1 heterocycles. The third kappa shape index (κ3) is 1.35. The highest BCUT2D eigenvalue weighted by Gasteiger charge is 2.06. The topological polar surface area (TPSA) is 29.9 Å². The van der Waals surface area contributed by atoms with E-state index in [0.717, 1.165) is 24.6 Å². The lowest BCUT2D eigenvalue weighted by Crippen LogP contribution is -2.05. The van der Waals surface area contributed by atoms with Crippen molar-refractivity contribution in [3.05, 3.63) is 24.3 Å². The molecule has 0 spiro atoms. The molecule has 1 aromatic heterocycles. The van der Waals surface area contributed by atoms with Crippen molar-refractivity contribution in [3.8, 4) is 0 Å². The maximum absolute atomic E-state index is 4.53. The summed E-state index contributed by atoms with van der Waals surface area (Å²) in [5.41, 5.74) is 2.26. The zero-order valence-electron chi connectivity index (χ0n) is 8.62.